The highest BCUT2D eigenvalue weighted by Gasteiger charge is 2.40. The predicted octanol–water partition coefficient (Wildman–Crippen LogP) is 2.56. The molecular weight excluding hydrogens is 278 g/mol. The Morgan fingerprint density at radius 3 is 2.73 bits per heavy atom. The van der Waals surface area contributed by atoms with Crippen molar-refractivity contribution in [2.75, 3.05) is 33.3 Å². The van der Waals surface area contributed by atoms with Gasteiger partial charge in [0, 0.05) is 32.6 Å². The van der Waals surface area contributed by atoms with E-state index in [9.17, 15) is 4.79 Å². The molecule has 2 aliphatic rings. The van der Waals surface area contributed by atoms with E-state index < -0.39 is 0 Å². The fraction of sp³-hybridized carbons (Fsp3) is 0.882. The Morgan fingerprint density at radius 1 is 1.27 bits per heavy atom. The van der Waals surface area contributed by atoms with E-state index in [0.29, 0.717) is 11.8 Å². The van der Waals surface area contributed by atoms with Gasteiger partial charge in [-0.3, -0.25) is 9.79 Å². The molecule has 2 fully saturated rings. The van der Waals surface area contributed by atoms with E-state index in [-0.39, 0.29) is 5.97 Å². The summed E-state index contributed by atoms with van der Waals surface area (Å²) in [6.07, 6.45) is 9.17. The third-order valence-electron chi connectivity index (χ3n) is 5.02. The molecule has 22 heavy (non-hydrogen) atoms. The monoisotopic (exact) mass is 309 g/mol. The van der Waals surface area contributed by atoms with Gasteiger partial charge in [0.1, 0.15) is 0 Å². The molecule has 1 spiro atoms. The van der Waals surface area contributed by atoms with E-state index in [1.807, 2.05) is 0 Å². The van der Waals surface area contributed by atoms with Crippen molar-refractivity contribution in [1.82, 2.24) is 10.2 Å². The summed E-state index contributed by atoms with van der Waals surface area (Å²) in [5.74, 6) is 0.933. The molecule has 0 unspecified atom stereocenters. The van der Waals surface area contributed by atoms with Crippen molar-refractivity contribution in [2.24, 2.45) is 10.4 Å². The number of hydrogen-bond acceptors (Lipinski definition) is 3. The number of carbonyl (C=O) groups is 1. The molecule has 0 amide bonds. The molecule has 1 saturated heterocycles. The van der Waals surface area contributed by atoms with E-state index in [2.05, 4.69) is 21.9 Å². The normalized spacial score (nSPS) is 20.6. The summed E-state index contributed by atoms with van der Waals surface area (Å²) < 4.78 is 4.66. The first-order chi connectivity index (χ1) is 10.7. The summed E-state index contributed by atoms with van der Waals surface area (Å²) in [7, 11) is 1.44. The first-order valence-corrected chi connectivity index (χ1v) is 8.79. The van der Waals surface area contributed by atoms with Crippen molar-refractivity contribution in [1.29, 1.82) is 0 Å². The van der Waals surface area contributed by atoms with Crippen LogP contribution < -0.4 is 5.32 Å². The highest BCUT2D eigenvalue weighted by molar-refractivity contribution is 5.80. The third kappa shape index (κ3) is 4.62. The van der Waals surface area contributed by atoms with Gasteiger partial charge in [-0.2, -0.15) is 0 Å². The summed E-state index contributed by atoms with van der Waals surface area (Å²) in [5, 5.41) is 3.43. The van der Waals surface area contributed by atoms with Crippen LogP contribution in [0.1, 0.15) is 58.3 Å². The van der Waals surface area contributed by atoms with Crippen LogP contribution in [0, 0.1) is 5.41 Å². The fourth-order valence-electron chi connectivity index (χ4n) is 3.74. The van der Waals surface area contributed by atoms with Gasteiger partial charge in [0.25, 0.3) is 0 Å². The second-order valence-corrected chi connectivity index (χ2v) is 6.65. The molecule has 1 aliphatic heterocycles. The maximum absolute atomic E-state index is 11.1. The van der Waals surface area contributed by atoms with Gasteiger partial charge in [0.2, 0.25) is 0 Å². The number of unbranched alkanes of at least 4 members (excludes halogenated alkanes) is 1. The molecule has 0 bridgehead atoms. The van der Waals surface area contributed by atoms with Crippen molar-refractivity contribution in [2.45, 2.75) is 58.3 Å². The minimum absolute atomic E-state index is 0.126. The van der Waals surface area contributed by atoms with Crippen molar-refractivity contribution in [3.63, 3.8) is 0 Å². The Hall–Kier alpha value is -1.26. The average Bonchev–Trinajstić information content (AvgIpc) is 3.16. The zero-order chi connectivity index (χ0) is 15.8. The second kappa shape index (κ2) is 8.39. The lowest BCUT2D eigenvalue weighted by Gasteiger charge is -2.26. The van der Waals surface area contributed by atoms with Crippen LogP contribution in [0.2, 0.25) is 0 Å². The smallest absolute Gasteiger partial charge is 0.305 e. The number of hydrogen-bond donors (Lipinski definition) is 1. The van der Waals surface area contributed by atoms with Gasteiger partial charge in [0.05, 0.1) is 7.11 Å². The fourth-order valence-corrected chi connectivity index (χ4v) is 3.74. The van der Waals surface area contributed by atoms with Gasteiger partial charge in [-0.1, -0.05) is 12.8 Å². The first-order valence-electron chi connectivity index (χ1n) is 8.79. The number of nitrogens with one attached hydrogen (secondary N) is 1. The van der Waals surface area contributed by atoms with Gasteiger partial charge in [0.15, 0.2) is 5.96 Å². The molecule has 0 aromatic heterocycles. The van der Waals surface area contributed by atoms with Crippen molar-refractivity contribution in [3.05, 3.63) is 0 Å². The Labute approximate surface area is 134 Å². The highest BCUT2D eigenvalue weighted by atomic mass is 16.5. The van der Waals surface area contributed by atoms with Crippen molar-refractivity contribution in [3.8, 4) is 0 Å². The molecule has 5 heteroatoms. The molecular formula is C17H31N3O2. The van der Waals surface area contributed by atoms with Gasteiger partial charge in [-0.05, 0) is 44.4 Å². The lowest BCUT2D eigenvalue weighted by molar-refractivity contribution is -0.140. The average molecular weight is 309 g/mol. The van der Waals surface area contributed by atoms with Crippen LogP contribution in [0.4, 0.5) is 0 Å². The van der Waals surface area contributed by atoms with Crippen molar-refractivity contribution >= 4 is 11.9 Å². The Morgan fingerprint density at radius 2 is 2.05 bits per heavy atom. The standard InChI is InChI=1S/C17H31N3O2/c1-3-18-16(19-12-7-4-8-15(21)22-2)20-13-11-17(14-20)9-5-6-10-17/h3-14H2,1-2H3,(H,18,19). The summed E-state index contributed by atoms with van der Waals surface area (Å²) in [5.41, 5.74) is 0.571. The van der Waals surface area contributed by atoms with Crippen LogP contribution in [0.25, 0.3) is 0 Å². The molecule has 5 nitrogen and oxygen atoms in total. The zero-order valence-corrected chi connectivity index (χ0v) is 14.2. The number of esters is 1. The first kappa shape index (κ1) is 17.1. The van der Waals surface area contributed by atoms with Crippen LogP contribution in [0.15, 0.2) is 4.99 Å². The Kier molecular flexibility index (Phi) is 6.52. The Bertz CT molecular complexity index is 389. The van der Waals surface area contributed by atoms with Crippen LogP contribution in [0.3, 0.4) is 0 Å². The van der Waals surface area contributed by atoms with Crippen LogP contribution in [-0.2, 0) is 9.53 Å². The highest BCUT2D eigenvalue weighted by Crippen LogP contribution is 2.45. The predicted molar refractivity (Wildman–Crippen MR) is 88.9 cm³/mol. The number of guanidine groups is 1. The number of carbonyl (C=O) groups excluding carboxylic acids is 1. The number of rotatable bonds is 6. The van der Waals surface area contributed by atoms with Gasteiger partial charge in [-0.25, -0.2) is 0 Å². The summed E-state index contributed by atoms with van der Waals surface area (Å²) in [4.78, 5) is 18.3. The molecule has 1 saturated carbocycles. The second-order valence-electron chi connectivity index (χ2n) is 6.65. The number of aliphatic imine (C=N–C) groups is 1. The maximum atomic E-state index is 11.1. The van der Waals surface area contributed by atoms with E-state index >= 15 is 0 Å². The van der Waals surface area contributed by atoms with Gasteiger partial charge < -0.3 is 15.0 Å². The largest absolute Gasteiger partial charge is 0.469 e. The van der Waals surface area contributed by atoms with Crippen molar-refractivity contribution < 1.29 is 9.53 Å². The third-order valence-corrected chi connectivity index (χ3v) is 5.02. The molecule has 1 heterocycles. The van der Waals surface area contributed by atoms with E-state index in [1.54, 1.807) is 0 Å². The molecule has 126 valence electrons. The zero-order valence-electron chi connectivity index (χ0n) is 14.2. The van der Waals surface area contributed by atoms with Gasteiger partial charge >= 0.3 is 5.97 Å². The summed E-state index contributed by atoms with van der Waals surface area (Å²) in [6, 6.07) is 0. The van der Waals surface area contributed by atoms with Crippen LogP contribution in [-0.4, -0.2) is 50.1 Å². The topological polar surface area (TPSA) is 53.9 Å². The van der Waals surface area contributed by atoms with E-state index in [4.69, 9.17) is 4.99 Å². The molecule has 1 N–H and O–H groups in total. The molecule has 0 aromatic carbocycles. The maximum Gasteiger partial charge on any atom is 0.305 e. The lowest BCUT2D eigenvalue weighted by Crippen LogP contribution is -2.41. The lowest BCUT2D eigenvalue weighted by atomic mass is 9.86. The number of nitrogens with zero attached hydrogens (tertiary/aromatic N) is 2. The van der Waals surface area contributed by atoms with Gasteiger partial charge in [-0.15, -0.1) is 0 Å². The number of ether oxygens (including phenoxy) is 1. The van der Waals surface area contributed by atoms with Crippen LogP contribution >= 0.6 is 0 Å². The van der Waals surface area contributed by atoms with E-state index in [0.717, 1.165) is 38.4 Å². The number of likely N-dealkylation sites (tertiary alicyclic amines) is 1. The minimum atomic E-state index is -0.126. The number of methoxy groups -OCH3 is 1. The molecule has 0 atom stereocenters. The SMILES string of the molecule is CCNC(=NCCCCC(=O)OC)N1CCC2(CCCC2)C1. The molecule has 0 aromatic rings. The summed E-state index contributed by atoms with van der Waals surface area (Å²) >= 11 is 0. The van der Waals surface area contributed by atoms with Crippen LogP contribution in [0.5, 0.6) is 0 Å². The Balaban J connectivity index is 1.79. The molecule has 0 radical (unpaired) electrons. The quantitative estimate of drug-likeness (QED) is 0.355. The minimum Gasteiger partial charge on any atom is -0.469 e. The molecule has 1 aliphatic carbocycles. The summed E-state index contributed by atoms with van der Waals surface area (Å²) in [6.45, 7) is 6.11. The molecule has 2 rings (SSSR count). The van der Waals surface area contributed by atoms with E-state index in [1.165, 1.54) is 45.8 Å².